The molecule has 0 aromatic rings. The van der Waals surface area contributed by atoms with E-state index in [1.54, 1.807) is 0 Å². The molecule has 2 unspecified atom stereocenters. The Morgan fingerprint density at radius 2 is 2.06 bits per heavy atom. The molecule has 5 heteroatoms. The lowest BCUT2D eigenvalue weighted by molar-refractivity contribution is -0.148. The first-order valence-electron chi connectivity index (χ1n) is 7.01. The zero-order chi connectivity index (χ0) is 12.8. The molecule has 0 aromatic carbocycles. The third kappa shape index (κ3) is 3.67. The van der Waals surface area contributed by atoms with Crippen LogP contribution in [0, 0.1) is 5.92 Å². The second-order valence-electron chi connectivity index (χ2n) is 5.18. The number of hydrogen-bond donors (Lipinski definition) is 2. The second-order valence-corrected chi connectivity index (χ2v) is 5.18. The van der Waals surface area contributed by atoms with Crippen LogP contribution in [-0.4, -0.2) is 44.4 Å². The number of carbonyl (C=O) groups excluding carboxylic acids is 1. The van der Waals surface area contributed by atoms with Crippen LogP contribution >= 0.6 is 0 Å². The summed E-state index contributed by atoms with van der Waals surface area (Å²) in [5, 5.41) is 3.04. The minimum atomic E-state index is -0.462. The van der Waals surface area contributed by atoms with E-state index in [4.69, 9.17) is 15.2 Å². The average molecular weight is 256 g/mol. The molecule has 1 amide bonds. The molecular weight excluding hydrogens is 232 g/mol. The average Bonchev–Trinajstić information content (AvgIpc) is 2.46. The number of nitrogens with one attached hydrogen (secondary N) is 1. The van der Waals surface area contributed by atoms with E-state index in [1.165, 1.54) is 32.1 Å². The molecule has 2 rings (SSSR count). The number of carbonyl (C=O) groups is 1. The largest absolute Gasteiger partial charge is 0.376 e. The lowest BCUT2D eigenvalue weighted by atomic mass is 9.84. The van der Waals surface area contributed by atoms with Gasteiger partial charge in [0, 0.05) is 12.6 Å². The molecule has 0 bridgehead atoms. The number of ether oxygens (including phenoxy) is 2. The van der Waals surface area contributed by atoms with Crippen molar-refractivity contribution in [2.24, 2.45) is 11.7 Å². The fraction of sp³-hybridized carbons (Fsp3) is 0.923. The lowest BCUT2D eigenvalue weighted by Crippen LogP contribution is -2.51. The predicted molar refractivity (Wildman–Crippen MR) is 68.1 cm³/mol. The second kappa shape index (κ2) is 7.07. The molecule has 1 aliphatic heterocycles. The minimum Gasteiger partial charge on any atom is -0.376 e. The standard InChI is InChI=1S/C13H24N2O3/c14-8-11(10-4-2-1-3-5-10)15-13(16)12-9-17-6-7-18-12/h10-12H,1-9,14H2,(H,15,16). The van der Waals surface area contributed by atoms with Gasteiger partial charge in [-0.3, -0.25) is 4.79 Å². The van der Waals surface area contributed by atoms with Crippen LogP contribution in [0.1, 0.15) is 32.1 Å². The molecule has 18 heavy (non-hydrogen) atoms. The van der Waals surface area contributed by atoms with Crippen molar-refractivity contribution in [1.82, 2.24) is 5.32 Å². The molecule has 1 saturated heterocycles. The fourth-order valence-electron chi connectivity index (χ4n) is 2.82. The first-order valence-corrected chi connectivity index (χ1v) is 7.01. The molecular formula is C13H24N2O3. The van der Waals surface area contributed by atoms with E-state index in [1.807, 2.05) is 0 Å². The summed E-state index contributed by atoms with van der Waals surface area (Å²) < 4.78 is 10.6. The first kappa shape index (κ1) is 13.8. The highest BCUT2D eigenvalue weighted by molar-refractivity contribution is 5.81. The minimum absolute atomic E-state index is 0.0734. The molecule has 5 nitrogen and oxygen atoms in total. The van der Waals surface area contributed by atoms with Gasteiger partial charge in [-0.15, -0.1) is 0 Å². The van der Waals surface area contributed by atoms with E-state index in [0.717, 1.165) is 0 Å². The van der Waals surface area contributed by atoms with Gasteiger partial charge in [0.2, 0.25) is 0 Å². The van der Waals surface area contributed by atoms with Gasteiger partial charge in [0.15, 0.2) is 6.10 Å². The van der Waals surface area contributed by atoms with Gasteiger partial charge in [0.1, 0.15) is 0 Å². The molecule has 1 heterocycles. The summed E-state index contributed by atoms with van der Waals surface area (Å²) in [6, 6.07) is 0.0864. The highest BCUT2D eigenvalue weighted by Crippen LogP contribution is 2.26. The van der Waals surface area contributed by atoms with Gasteiger partial charge in [-0.1, -0.05) is 19.3 Å². The number of amides is 1. The van der Waals surface area contributed by atoms with Crippen molar-refractivity contribution in [3.8, 4) is 0 Å². The van der Waals surface area contributed by atoms with Gasteiger partial charge in [0.25, 0.3) is 5.91 Å². The van der Waals surface area contributed by atoms with Crippen molar-refractivity contribution in [2.45, 2.75) is 44.2 Å². The molecule has 104 valence electrons. The zero-order valence-corrected chi connectivity index (χ0v) is 10.9. The summed E-state index contributed by atoms with van der Waals surface area (Å²) in [4.78, 5) is 12.0. The maximum absolute atomic E-state index is 12.0. The smallest absolute Gasteiger partial charge is 0.251 e. The first-order chi connectivity index (χ1) is 8.81. The van der Waals surface area contributed by atoms with Crippen LogP contribution in [0.2, 0.25) is 0 Å². The summed E-state index contributed by atoms with van der Waals surface area (Å²) in [5.74, 6) is 0.452. The van der Waals surface area contributed by atoms with E-state index < -0.39 is 6.10 Å². The Balaban J connectivity index is 1.82. The molecule has 1 aliphatic carbocycles. The summed E-state index contributed by atoms with van der Waals surface area (Å²) in [6.45, 7) is 1.93. The predicted octanol–water partition coefficient (Wildman–Crippen LogP) is 0.426. The highest BCUT2D eigenvalue weighted by Gasteiger charge is 2.28. The third-order valence-electron chi connectivity index (χ3n) is 3.91. The topological polar surface area (TPSA) is 73.6 Å². The van der Waals surface area contributed by atoms with Gasteiger partial charge in [0.05, 0.1) is 19.8 Å². The van der Waals surface area contributed by atoms with Gasteiger partial charge >= 0.3 is 0 Å². The monoisotopic (exact) mass is 256 g/mol. The Kier molecular flexibility index (Phi) is 5.41. The number of hydrogen-bond acceptors (Lipinski definition) is 4. The van der Waals surface area contributed by atoms with Crippen molar-refractivity contribution in [3.05, 3.63) is 0 Å². The van der Waals surface area contributed by atoms with E-state index >= 15 is 0 Å². The Bertz CT molecular complexity index is 261. The Morgan fingerprint density at radius 3 is 2.67 bits per heavy atom. The van der Waals surface area contributed by atoms with Crippen molar-refractivity contribution in [2.75, 3.05) is 26.4 Å². The molecule has 2 atom stereocenters. The Labute approximate surface area is 108 Å². The van der Waals surface area contributed by atoms with Gasteiger partial charge in [-0.25, -0.2) is 0 Å². The molecule has 2 aliphatic rings. The molecule has 2 fully saturated rings. The quantitative estimate of drug-likeness (QED) is 0.765. The van der Waals surface area contributed by atoms with Crippen LogP contribution in [0.15, 0.2) is 0 Å². The van der Waals surface area contributed by atoms with Crippen molar-refractivity contribution in [1.29, 1.82) is 0 Å². The number of nitrogens with two attached hydrogens (primary N) is 1. The highest BCUT2D eigenvalue weighted by atomic mass is 16.6. The normalized spacial score (nSPS) is 27.7. The lowest BCUT2D eigenvalue weighted by Gasteiger charge is -2.31. The maximum Gasteiger partial charge on any atom is 0.251 e. The maximum atomic E-state index is 12.0. The third-order valence-corrected chi connectivity index (χ3v) is 3.91. The van der Waals surface area contributed by atoms with E-state index in [0.29, 0.717) is 32.3 Å². The summed E-state index contributed by atoms with van der Waals surface area (Å²) in [7, 11) is 0. The summed E-state index contributed by atoms with van der Waals surface area (Å²) in [5.41, 5.74) is 5.79. The fourth-order valence-corrected chi connectivity index (χ4v) is 2.82. The van der Waals surface area contributed by atoms with Gasteiger partial charge in [-0.05, 0) is 18.8 Å². The van der Waals surface area contributed by atoms with Crippen LogP contribution in [-0.2, 0) is 14.3 Å². The summed E-state index contributed by atoms with van der Waals surface area (Å²) >= 11 is 0. The molecule has 0 aromatic heterocycles. The van der Waals surface area contributed by atoms with E-state index in [-0.39, 0.29) is 11.9 Å². The molecule has 0 spiro atoms. The Hall–Kier alpha value is -0.650. The van der Waals surface area contributed by atoms with Crippen molar-refractivity contribution >= 4 is 5.91 Å². The van der Waals surface area contributed by atoms with E-state index in [2.05, 4.69) is 5.32 Å². The number of rotatable bonds is 4. The molecule has 3 N–H and O–H groups in total. The van der Waals surface area contributed by atoms with Crippen LogP contribution in [0.25, 0.3) is 0 Å². The van der Waals surface area contributed by atoms with E-state index in [9.17, 15) is 4.79 Å². The Morgan fingerprint density at radius 1 is 1.28 bits per heavy atom. The van der Waals surface area contributed by atoms with Crippen LogP contribution in [0.3, 0.4) is 0 Å². The van der Waals surface area contributed by atoms with Gasteiger partial charge in [-0.2, -0.15) is 0 Å². The van der Waals surface area contributed by atoms with Crippen LogP contribution in [0.4, 0.5) is 0 Å². The van der Waals surface area contributed by atoms with Crippen molar-refractivity contribution in [3.63, 3.8) is 0 Å². The van der Waals surface area contributed by atoms with Crippen LogP contribution < -0.4 is 11.1 Å². The zero-order valence-electron chi connectivity index (χ0n) is 10.9. The molecule has 1 saturated carbocycles. The molecule has 0 radical (unpaired) electrons. The van der Waals surface area contributed by atoms with Crippen LogP contribution in [0.5, 0.6) is 0 Å². The summed E-state index contributed by atoms with van der Waals surface area (Å²) in [6.07, 6.45) is 5.69. The SMILES string of the molecule is NCC(NC(=O)C1COCCO1)C1CCCCC1. The van der Waals surface area contributed by atoms with Crippen molar-refractivity contribution < 1.29 is 14.3 Å². The van der Waals surface area contributed by atoms with Gasteiger partial charge < -0.3 is 20.5 Å².